The van der Waals surface area contributed by atoms with Gasteiger partial charge in [-0.1, -0.05) is 90.2 Å². The van der Waals surface area contributed by atoms with Crippen LogP contribution in [0.5, 0.6) is 0 Å². The van der Waals surface area contributed by atoms with Gasteiger partial charge in [0.1, 0.15) is 11.8 Å². The largest absolute Gasteiger partial charge is 0.465 e. The standard InChI is InChI=1S/C36H35N5O3/c42-25-28-14-20-34-33(22-28)38-39-40(34)21-7-10-26-13-19-32(29-11-5-2-6-12-29)35(23-26)41(36(43)44)31-17-15-30(16-18-31)37-24-27-8-3-1-4-9-27/h1-14,19-20,22-23,25,30-31,37H,15-18,21,24H2,(H,43,44)/t30-,31-. The molecular formula is C36H35N5O3. The van der Waals surface area contributed by atoms with Crippen LogP contribution in [0.15, 0.2) is 103 Å². The second-order valence-corrected chi connectivity index (χ2v) is 11.2. The molecule has 6 rings (SSSR count). The number of hydrogen-bond acceptors (Lipinski definition) is 5. The first kappa shape index (κ1) is 29.0. The maximum Gasteiger partial charge on any atom is 0.412 e. The second-order valence-electron chi connectivity index (χ2n) is 11.2. The molecule has 1 heterocycles. The number of hydrogen-bond donors (Lipinski definition) is 2. The van der Waals surface area contributed by atoms with Crippen LogP contribution < -0.4 is 10.2 Å². The van der Waals surface area contributed by atoms with Gasteiger partial charge >= 0.3 is 6.09 Å². The van der Waals surface area contributed by atoms with E-state index in [1.54, 1.807) is 21.7 Å². The minimum absolute atomic E-state index is 0.110. The normalized spacial score (nSPS) is 16.7. The number of nitrogens with one attached hydrogen (secondary N) is 1. The van der Waals surface area contributed by atoms with Crippen molar-refractivity contribution in [3.05, 3.63) is 120 Å². The molecule has 1 aliphatic rings. The molecule has 0 aliphatic heterocycles. The number of aldehydes is 1. The lowest BCUT2D eigenvalue weighted by Gasteiger charge is -2.36. The van der Waals surface area contributed by atoms with Crippen molar-refractivity contribution in [2.24, 2.45) is 0 Å². The van der Waals surface area contributed by atoms with Gasteiger partial charge in [0.15, 0.2) is 0 Å². The van der Waals surface area contributed by atoms with Gasteiger partial charge in [0.05, 0.1) is 17.7 Å². The van der Waals surface area contributed by atoms with Crippen molar-refractivity contribution in [1.29, 1.82) is 0 Å². The van der Waals surface area contributed by atoms with Crippen LogP contribution in [0.1, 0.15) is 47.2 Å². The van der Waals surface area contributed by atoms with Crippen LogP contribution >= 0.6 is 0 Å². The highest BCUT2D eigenvalue weighted by atomic mass is 16.4. The minimum Gasteiger partial charge on any atom is -0.465 e. The monoisotopic (exact) mass is 585 g/mol. The van der Waals surface area contributed by atoms with Crippen molar-refractivity contribution >= 4 is 35.2 Å². The third kappa shape index (κ3) is 6.61. The maximum absolute atomic E-state index is 12.9. The summed E-state index contributed by atoms with van der Waals surface area (Å²) in [5.41, 5.74) is 6.78. The van der Waals surface area contributed by atoms with Crippen molar-refractivity contribution in [2.45, 2.75) is 50.9 Å². The number of carbonyl (C=O) groups excluding carboxylic acids is 1. The number of rotatable bonds is 10. The first-order valence-electron chi connectivity index (χ1n) is 15.0. The van der Waals surface area contributed by atoms with E-state index in [-0.39, 0.29) is 6.04 Å². The molecule has 4 aromatic carbocycles. The van der Waals surface area contributed by atoms with Gasteiger partial charge < -0.3 is 10.4 Å². The van der Waals surface area contributed by atoms with E-state index in [4.69, 9.17) is 0 Å². The number of allylic oxidation sites excluding steroid dienone is 1. The highest BCUT2D eigenvalue weighted by molar-refractivity contribution is 5.94. The van der Waals surface area contributed by atoms with E-state index in [1.165, 1.54) is 5.56 Å². The molecule has 8 nitrogen and oxygen atoms in total. The molecular weight excluding hydrogens is 550 g/mol. The van der Waals surface area contributed by atoms with E-state index in [9.17, 15) is 14.7 Å². The summed E-state index contributed by atoms with van der Waals surface area (Å²) in [6, 6.07) is 31.9. The number of amides is 1. The lowest BCUT2D eigenvalue weighted by atomic mass is 9.89. The molecule has 1 amide bonds. The molecule has 5 aromatic rings. The molecule has 0 spiro atoms. The Bertz CT molecular complexity index is 1760. The van der Waals surface area contributed by atoms with Gasteiger partial charge in [0, 0.05) is 29.8 Å². The van der Waals surface area contributed by atoms with E-state index < -0.39 is 6.09 Å². The van der Waals surface area contributed by atoms with E-state index in [0.29, 0.717) is 29.4 Å². The number of carbonyl (C=O) groups is 2. The first-order chi connectivity index (χ1) is 21.6. The number of anilines is 1. The molecule has 2 N–H and O–H groups in total. The summed E-state index contributed by atoms with van der Waals surface area (Å²) in [7, 11) is 0. The van der Waals surface area contributed by atoms with Crippen molar-refractivity contribution in [3.63, 3.8) is 0 Å². The fourth-order valence-electron chi connectivity index (χ4n) is 6.05. The Morgan fingerprint density at radius 2 is 1.64 bits per heavy atom. The number of aromatic nitrogens is 3. The second kappa shape index (κ2) is 13.5. The zero-order valence-electron chi connectivity index (χ0n) is 24.4. The maximum atomic E-state index is 12.9. The molecule has 1 saturated carbocycles. The quantitative estimate of drug-likeness (QED) is 0.168. The summed E-state index contributed by atoms with van der Waals surface area (Å²) >= 11 is 0. The Hall–Kier alpha value is -5.08. The van der Waals surface area contributed by atoms with E-state index in [1.807, 2.05) is 84.9 Å². The predicted octanol–water partition coefficient (Wildman–Crippen LogP) is 7.21. The molecule has 1 aromatic heterocycles. The van der Waals surface area contributed by atoms with Crippen molar-refractivity contribution in [3.8, 4) is 11.1 Å². The van der Waals surface area contributed by atoms with Gasteiger partial charge in [-0.2, -0.15) is 0 Å². The van der Waals surface area contributed by atoms with E-state index >= 15 is 0 Å². The summed E-state index contributed by atoms with van der Waals surface area (Å²) in [6.45, 7) is 1.30. The average Bonchev–Trinajstić information content (AvgIpc) is 3.47. The Morgan fingerprint density at radius 1 is 0.909 bits per heavy atom. The van der Waals surface area contributed by atoms with Gasteiger partial charge in [-0.3, -0.25) is 9.69 Å². The molecule has 0 radical (unpaired) electrons. The van der Waals surface area contributed by atoms with Gasteiger partial charge in [-0.05, 0) is 66.6 Å². The fraction of sp³-hybridized carbons (Fsp3) is 0.222. The number of benzene rings is 4. The molecule has 1 fully saturated rings. The molecule has 222 valence electrons. The zero-order valence-corrected chi connectivity index (χ0v) is 24.4. The topological polar surface area (TPSA) is 100 Å². The zero-order chi connectivity index (χ0) is 30.3. The van der Waals surface area contributed by atoms with Gasteiger partial charge in [-0.25, -0.2) is 9.48 Å². The summed E-state index contributed by atoms with van der Waals surface area (Å²) in [4.78, 5) is 25.6. The average molecular weight is 586 g/mol. The smallest absolute Gasteiger partial charge is 0.412 e. The van der Waals surface area contributed by atoms with Crippen molar-refractivity contribution in [1.82, 2.24) is 20.3 Å². The highest BCUT2D eigenvalue weighted by Crippen LogP contribution is 2.36. The number of carboxylic acid groups (broad SMARTS) is 1. The molecule has 0 unspecified atom stereocenters. The van der Waals surface area contributed by atoms with Crippen molar-refractivity contribution in [2.75, 3.05) is 4.90 Å². The number of nitrogens with zero attached hydrogens (tertiary/aromatic N) is 4. The predicted molar refractivity (Wildman–Crippen MR) is 174 cm³/mol. The third-order valence-electron chi connectivity index (χ3n) is 8.33. The Morgan fingerprint density at radius 3 is 2.36 bits per heavy atom. The molecule has 44 heavy (non-hydrogen) atoms. The van der Waals surface area contributed by atoms with Crippen molar-refractivity contribution < 1.29 is 14.7 Å². The summed E-state index contributed by atoms with van der Waals surface area (Å²) in [5.74, 6) is 0. The molecule has 0 bridgehead atoms. The first-order valence-corrected chi connectivity index (χ1v) is 15.0. The Labute approximate surface area is 256 Å². The minimum atomic E-state index is -0.937. The molecule has 0 atom stereocenters. The Kier molecular flexibility index (Phi) is 8.89. The van der Waals surface area contributed by atoms with Crippen LogP contribution in [0.2, 0.25) is 0 Å². The molecule has 8 heteroatoms. The SMILES string of the molecule is O=Cc1ccc2c(c1)nnn2CC=Cc1ccc(-c2ccccc2)c(N(C(=O)O)[C@H]2CC[C@H](NCc3ccccc3)CC2)c1. The van der Waals surface area contributed by atoms with Crippen LogP contribution in [0.4, 0.5) is 10.5 Å². The van der Waals surface area contributed by atoms with E-state index in [2.05, 4.69) is 27.8 Å². The van der Waals surface area contributed by atoms with Gasteiger partial charge in [-0.15, -0.1) is 5.10 Å². The van der Waals surface area contributed by atoms with Crippen LogP contribution in [0.3, 0.4) is 0 Å². The summed E-state index contributed by atoms with van der Waals surface area (Å²) in [6.07, 6.45) is 7.24. The van der Waals surface area contributed by atoms with Crippen LogP contribution in [-0.4, -0.2) is 44.6 Å². The van der Waals surface area contributed by atoms with Gasteiger partial charge in [0.2, 0.25) is 0 Å². The highest BCUT2D eigenvalue weighted by Gasteiger charge is 2.31. The van der Waals surface area contributed by atoms with E-state index in [0.717, 1.165) is 60.7 Å². The van der Waals surface area contributed by atoms with Crippen LogP contribution in [0, 0.1) is 0 Å². The summed E-state index contributed by atoms with van der Waals surface area (Å²) in [5, 5.41) is 22.6. The van der Waals surface area contributed by atoms with Crippen LogP contribution in [-0.2, 0) is 13.1 Å². The third-order valence-corrected chi connectivity index (χ3v) is 8.33. The molecule has 1 aliphatic carbocycles. The molecule has 0 saturated heterocycles. The summed E-state index contributed by atoms with van der Waals surface area (Å²) < 4.78 is 1.77. The lowest BCUT2D eigenvalue weighted by molar-refractivity contribution is 0.112. The number of fused-ring (bicyclic) bond motifs is 1. The fourth-order valence-corrected chi connectivity index (χ4v) is 6.05. The van der Waals surface area contributed by atoms with Crippen LogP contribution in [0.25, 0.3) is 28.2 Å². The lowest BCUT2D eigenvalue weighted by Crippen LogP contribution is -2.45. The van der Waals surface area contributed by atoms with Gasteiger partial charge in [0.25, 0.3) is 0 Å². The Balaban J connectivity index is 1.22.